The molecule has 7 heteroatoms. The molecule has 22 heavy (non-hydrogen) atoms. The Hall–Kier alpha value is -1.91. The van der Waals surface area contributed by atoms with Gasteiger partial charge in [0.2, 0.25) is 0 Å². The van der Waals surface area contributed by atoms with Crippen molar-refractivity contribution in [3.8, 4) is 6.07 Å². The van der Waals surface area contributed by atoms with Crippen LogP contribution in [0.4, 0.5) is 0 Å². The zero-order valence-corrected chi connectivity index (χ0v) is 13.3. The van der Waals surface area contributed by atoms with Crippen molar-refractivity contribution >= 4 is 22.2 Å². The summed E-state index contributed by atoms with van der Waals surface area (Å²) in [5.41, 5.74) is 0.929. The first kappa shape index (κ1) is 15.0. The minimum absolute atomic E-state index is 0.0516. The van der Waals surface area contributed by atoms with E-state index >= 15 is 0 Å². The van der Waals surface area contributed by atoms with Crippen LogP contribution in [0.2, 0.25) is 0 Å². The van der Waals surface area contributed by atoms with Crippen LogP contribution in [-0.2, 0) is 11.2 Å². The fourth-order valence-corrected chi connectivity index (χ4v) is 3.50. The van der Waals surface area contributed by atoms with Crippen LogP contribution in [0.25, 0.3) is 11.0 Å². The fourth-order valence-electron chi connectivity index (χ4n) is 3.09. The molecule has 114 valence electrons. The summed E-state index contributed by atoms with van der Waals surface area (Å²) in [6.45, 7) is 1.73. The van der Waals surface area contributed by atoms with E-state index in [1.807, 2.05) is 6.07 Å². The molecule has 2 aromatic rings. The Morgan fingerprint density at radius 1 is 1.45 bits per heavy atom. The molecule has 0 spiro atoms. The summed E-state index contributed by atoms with van der Waals surface area (Å²) < 4.78 is 13.3. The molecule has 0 aliphatic heterocycles. The Morgan fingerprint density at radius 2 is 2.14 bits per heavy atom. The van der Waals surface area contributed by atoms with Crippen molar-refractivity contribution in [1.29, 1.82) is 5.26 Å². The number of fused-ring (bicyclic) bond motifs is 1. The van der Waals surface area contributed by atoms with Crippen molar-refractivity contribution in [3.05, 3.63) is 27.7 Å². The van der Waals surface area contributed by atoms with Gasteiger partial charge in [-0.05, 0) is 25.3 Å². The lowest BCUT2D eigenvalue weighted by Crippen LogP contribution is -2.28. The second kappa shape index (κ2) is 5.71. The van der Waals surface area contributed by atoms with Crippen LogP contribution >= 0.6 is 0 Å². The topological polar surface area (TPSA) is 94.6 Å². The number of aryl methyl sites for hydroxylation is 1. The Labute approximate surface area is 131 Å². The SMILES string of the molecule is Cc1c(C#N)c(=O)n(C2CCCC2)c2nc([S+](C)[O-])ncc12. The van der Waals surface area contributed by atoms with E-state index in [-0.39, 0.29) is 22.3 Å². The molecular formula is C15H16N4O2S. The van der Waals surface area contributed by atoms with Crippen molar-refractivity contribution in [3.63, 3.8) is 0 Å². The molecule has 0 radical (unpaired) electrons. The summed E-state index contributed by atoms with van der Waals surface area (Å²) >= 11 is -1.32. The molecule has 0 amide bonds. The van der Waals surface area contributed by atoms with Crippen LogP contribution < -0.4 is 5.56 Å². The zero-order valence-electron chi connectivity index (χ0n) is 12.5. The highest BCUT2D eigenvalue weighted by molar-refractivity contribution is 7.90. The summed E-state index contributed by atoms with van der Waals surface area (Å²) in [4.78, 5) is 21.2. The van der Waals surface area contributed by atoms with E-state index in [0.717, 1.165) is 25.7 Å². The molecule has 1 aliphatic carbocycles. The normalized spacial score (nSPS) is 16.8. The number of nitriles is 1. The van der Waals surface area contributed by atoms with Crippen LogP contribution in [0.5, 0.6) is 0 Å². The molecule has 2 heterocycles. The predicted molar refractivity (Wildman–Crippen MR) is 83.1 cm³/mol. The number of rotatable bonds is 2. The lowest BCUT2D eigenvalue weighted by atomic mass is 10.1. The molecule has 1 aliphatic rings. The first-order valence-electron chi connectivity index (χ1n) is 7.20. The molecule has 2 aromatic heterocycles. The lowest BCUT2D eigenvalue weighted by molar-refractivity contribution is 0.512. The standard InChI is InChI=1S/C15H16N4O2S/c1-9-11(7-16)14(20)19(10-5-3-4-6-10)13-12(9)8-17-15(18-13)22(2)21/h8,10H,3-6H2,1-2H3. The van der Waals surface area contributed by atoms with Crippen molar-refractivity contribution in [2.75, 3.05) is 6.26 Å². The maximum Gasteiger partial charge on any atom is 0.344 e. The third-order valence-electron chi connectivity index (χ3n) is 4.25. The second-order valence-electron chi connectivity index (χ2n) is 5.57. The Bertz CT molecular complexity index is 832. The quantitative estimate of drug-likeness (QED) is 0.622. The first-order chi connectivity index (χ1) is 10.5. The predicted octanol–water partition coefficient (Wildman–Crippen LogP) is 1.82. The number of hydrogen-bond acceptors (Lipinski definition) is 5. The number of pyridine rings is 1. The Kier molecular flexibility index (Phi) is 3.89. The van der Waals surface area contributed by atoms with Gasteiger partial charge in [-0.25, -0.2) is 0 Å². The monoisotopic (exact) mass is 316 g/mol. The highest BCUT2D eigenvalue weighted by Crippen LogP contribution is 2.31. The van der Waals surface area contributed by atoms with Crippen LogP contribution in [0.1, 0.15) is 42.9 Å². The van der Waals surface area contributed by atoms with Crippen LogP contribution in [0.3, 0.4) is 0 Å². The van der Waals surface area contributed by atoms with Crippen LogP contribution in [-0.4, -0.2) is 25.3 Å². The van der Waals surface area contributed by atoms with Gasteiger partial charge < -0.3 is 4.55 Å². The van der Waals surface area contributed by atoms with Gasteiger partial charge in [0.1, 0.15) is 17.9 Å². The summed E-state index contributed by atoms with van der Waals surface area (Å²) in [6.07, 6.45) is 7.00. The number of aromatic nitrogens is 3. The summed E-state index contributed by atoms with van der Waals surface area (Å²) in [5.74, 6) is 0. The van der Waals surface area contributed by atoms with Gasteiger partial charge >= 0.3 is 5.16 Å². The maximum absolute atomic E-state index is 12.7. The van der Waals surface area contributed by atoms with Gasteiger partial charge in [-0.2, -0.15) is 15.2 Å². The van der Waals surface area contributed by atoms with E-state index in [2.05, 4.69) is 9.97 Å². The van der Waals surface area contributed by atoms with E-state index in [4.69, 9.17) is 0 Å². The minimum atomic E-state index is -1.32. The molecular weight excluding hydrogens is 300 g/mol. The van der Waals surface area contributed by atoms with Gasteiger partial charge in [0.15, 0.2) is 5.65 Å². The molecule has 1 saturated carbocycles. The maximum atomic E-state index is 12.7. The first-order valence-corrected chi connectivity index (χ1v) is 8.75. The van der Waals surface area contributed by atoms with Crippen LogP contribution in [0.15, 0.2) is 16.1 Å². The molecule has 3 rings (SSSR count). The third-order valence-corrected chi connectivity index (χ3v) is 4.96. The molecule has 1 atom stereocenters. The van der Waals surface area contributed by atoms with E-state index < -0.39 is 11.2 Å². The van der Waals surface area contributed by atoms with Crippen molar-refractivity contribution in [2.45, 2.75) is 43.8 Å². The van der Waals surface area contributed by atoms with Gasteiger partial charge in [-0.3, -0.25) is 9.36 Å². The number of nitrogens with zero attached hydrogens (tertiary/aromatic N) is 4. The molecule has 0 saturated heterocycles. The highest BCUT2D eigenvalue weighted by atomic mass is 32.2. The molecule has 0 N–H and O–H groups in total. The van der Waals surface area contributed by atoms with E-state index in [0.29, 0.717) is 16.6 Å². The third kappa shape index (κ3) is 2.28. The van der Waals surface area contributed by atoms with Crippen LogP contribution in [0, 0.1) is 18.3 Å². The van der Waals surface area contributed by atoms with E-state index in [9.17, 15) is 14.6 Å². The summed E-state index contributed by atoms with van der Waals surface area (Å²) in [5, 5.41) is 10.2. The zero-order chi connectivity index (χ0) is 15.9. The fraction of sp³-hybridized carbons (Fsp3) is 0.467. The van der Waals surface area contributed by atoms with Gasteiger partial charge in [-0.1, -0.05) is 12.8 Å². The average Bonchev–Trinajstić information content (AvgIpc) is 3.01. The molecule has 6 nitrogen and oxygen atoms in total. The summed E-state index contributed by atoms with van der Waals surface area (Å²) in [6, 6.07) is 2.06. The van der Waals surface area contributed by atoms with E-state index in [1.54, 1.807) is 17.7 Å². The number of hydrogen-bond donors (Lipinski definition) is 0. The molecule has 1 fully saturated rings. The van der Waals surface area contributed by atoms with Crippen molar-refractivity contribution in [1.82, 2.24) is 14.5 Å². The lowest BCUT2D eigenvalue weighted by Gasteiger charge is -2.18. The molecule has 1 unspecified atom stereocenters. The minimum Gasteiger partial charge on any atom is -0.609 e. The van der Waals surface area contributed by atoms with Gasteiger partial charge in [0.25, 0.3) is 5.56 Å². The van der Waals surface area contributed by atoms with Gasteiger partial charge in [0, 0.05) is 28.8 Å². The Balaban J connectivity index is 2.40. The van der Waals surface area contributed by atoms with Crippen molar-refractivity contribution in [2.24, 2.45) is 0 Å². The molecule has 0 bridgehead atoms. The summed E-state index contributed by atoms with van der Waals surface area (Å²) in [7, 11) is 0. The van der Waals surface area contributed by atoms with Gasteiger partial charge in [-0.15, -0.1) is 0 Å². The second-order valence-corrected chi connectivity index (χ2v) is 6.84. The average molecular weight is 316 g/mol. The van der Waals surface area contributed by atoms with Gasteiger partial charge in [0.05, 0.1) is 0 Å². The van der Waals surface area contributed by atoms with Crippen molar-refractivity contribution < 1.29 is 4.55 Å². The molecule has 0 aromatic carbocycles. The smallest absolute Gasteiger partial charge is 0.344 e. The highest BCUT2D eigenvalue weighted by Gasteiger charge is 2.25. The largest absolute Gasteiger partial charge is 0.609 e. The Morgan fingerprint density at radius 3 is 2.73 bits per heavy atom. The van der Waals surface area contributed by atoms with E-state index in [1.165, 1.54) is 6.26 Å².